The van der Waals surface area contributed by atoms with Crippen molar-refractivity contribution < 1.29 is 9.59 Å². The van der Waals surface area contributed by atoms with E-state index in [2.05, 4.69) is 53.4 Å². The van der Waals surface area contributed by atoms with Crippen LogP contribution in [0.2, 0.25) is 0 Å². The Morgan fingerprint density at radius 1 is 1.21 bits per heavy atom. The number of likely N-dealkylation sites (N-methyl/N-ethyl adjacent to an activating group) is 1. The monoisotopic (exact) mass is 384 g/mol. The molecule has 2 aliphatic rings. The molecule has 28 heavy (non-hydrogen) atoms. The van der Waals surface area contributed by atoms with Gasteiger partial charge < -0.3 is 5.32 Å². The number of aryl methyl sites for hydroxylation is 1. The van der Waals surface area contributed by atoms with Gasteiger partial charge in [0.1, 0.15) is 0 Å². The summed E-state index contributed by atoms with van der Waals surface area (Å²) in [4.78, 5) is 26.9. The topological polar surface area (TPSA) is 65.0 Å². The number of nitrogens with one attached hydrogen (secondary N) is 1. The zero-order valence-electron chi connectivity index (χ0n) is 17.1. The third kappa shape index (κ3) is 5.19. The first-order valence-corrected chi connectivity index (χ1v) is 10.6. The molecular formula is C22H32N4O2. The maximum atomic E-state index is 12.3. The Balaban J connectivity index is 1.51. The molecule has 2 amide bonds. The zero-order chi connectivity index (χ0) is 19.9. The Morgan fingerprint density at radius 2 is 2.00 bits per heavy atom. The predicted molar refractivity (Wildman–Crippen MR) is 111 cm³/mol. The lowest BCUT2D eigenvalue weighted by Gasteiger charge is -2.24. The first-order valence-electron chi connectivity index (χ1n) is 10.6. The largest absolute Gasteiger partial charge is 0.354 e. The number of nitrogens with zero attached hydrogens (tertiary/aromatic N) is 3. The minimum absolute atomic E-state index is 0.00493. The number of amides is 2. The van der Waals surface area contributed by atoms with Crippen molar-refractivity contribution in [1.82, 2.24) is 15.2 Å². The third-order valence-corrected chi connectivity index (χ3v) is 5.79. The van der Waals surface area contributed by atoms with E-state index in [0.717, 1.165) is 37.2 Å². The van der Waals surface area contributed by atoms with Gasteiger partial charge in [0.15, 0.2) is 0 Å². The van der Waals surface area contributed by atoms with Gasteiger partial charge in [-0.2, -0.15) is 5.10 Å². The molecule has 6 heteroatoms. The first-order chi connectivity index (χ1) is 13.6. The molecule has 0 aromatic heterocycles. The molecule has 1 N–H and O–H groups in total. The minimum Gasteiger partial charge on any atom is -0.354 e. The van der Waals surface area contributed by atoms with Crippen LogP contribution in [0.15, 0.2) is 29.4 Å². The van der Waals surface area contributed by atoms with Gasteiger partial charge in [-0.05, 0) is 43.5 Å². The van der Waals surface area contributed by atoms with Gasteiger partial charge in [-0.1, -0.05) is 38.1 Å². The summed E-state index contributed by atoms with van der Waals surface area (Å²) in [7, 11) is 0. The first kappa shape index (κ1) is 20.5. The highest BCUT2D eigenvalue weighted by atomic mass is 16.2. The summed E-state index contributed by atoms with van der Waals surface area (Å²) >= 11 is 0. The van der Waals surface area contributed by atoms with Crippen molar-refractivity contribution in [1.29, 1.82) is 0 Å². The third-order valence-electron chi connectivity index (χ3n) is 5.79. The summed E-state index contributed by atoms with van der Waals surface area (Å²) in [5, 5.41) is 9.04. The molecule has 1 unspecified atom stereocenters. The van der Waals surface area contributed by atoms with E-state index in [4.69, 9.17) is 0 Å². The lowest BCUT2D eigenvalue weighted by Crippen LogP contribution is -2.41. The van der Waals surface area contributed by atoms with E-state index < -0.39 is 0 Å². The second-order valence-corrected chi connectivity index (χ2v) is 7.59. The molecule has 152 valence electrons. The van der Waals surface area contributed by atoms with Crippen LogP contribution in [0.4, 0.5) is 0 Å². The van der Waals surface area contributed by atoms with Crippen molar-refractivity contribution in [2.45, 2.75) is 58.4 Å². The number of hydrogen-bond donors (Lipinski definition) is 1. The Kier molecular flexibility index (Phi) is 7.20. The highest BCUT2D eigenvalue weighted by Gasteiger charge is 2.24. The lowest BCUT2D eigenvalue weighted by molar-refractivity contribution is -0.132. The number of carbonyl (C=O) groups excluding carboxylic acids is 2. The molecule has 1 aromatic carbocycles. The molecule has 0 radical (unpaired) electrons. The second-order valence-electron chi connectivity index (χ2n) is 7.59. The number of rotatable bonds is 8. The van der Waals surface area contributed by atoms with Crippen molar-refractivity contribution in [3.63, 3.8) is 0 Å². The number of benzene rings is 1. The van der Waals surface area contributed by atoms with E-state index in [9.17, 15) is 9.59 Å². The summed E-state index contributed by atoms with van der Waals surface area (Å²) in [5.74, 6) is -0.0138. The summed E-state index contributed by atoms with van der Waals surface area (Å²) < 4.78 is 0. The minimum atomic E-state index is -0.00891. The van der Waals surface area contributed by atoms with Crippen LogP contribution in [0, 0.1) is 0 Å². The van der Waals surface area contributed by atoms with E-state index in [1.807, 2.05) is 0 Å². The van der Waals surface area contributed by atoms with Crippen LogP contribution in [-0.4, -0.2) is 59.7 Å². The van der Waals surface area contributed by atoms with Crippen LogP contribution in [0.1, 0.15) is 57.1 Å². The molecule has 0 bridgehead atoms. The number of carbonyl (C=O) groups is 2. The molecule has 0 spiro atoms. The molecular weight excluding hydrogens is 352 g/mol. The van der Waals surface area contributed by atoms with Gasteiger partial charge in [-0.25, -0.2) is 5.01 Å². The smallest absolute Gasteiger partial charge is 0.243 e. The van der Waals surface area contributed by atoms with Crippen molar-refractivity contribution in [2.75, 3.05) is 26.2 Å². The maximum absolute atomic E-state index is 12.3. The summed E-state index contributed by atoms with van der Waals surface area (Å²) in [6.07, 6.45) is 4.74. The molecule has 0 aliphatic carbocycles. The highest BCUT2D eigenvalue weighted by molar-refractivity contribution is 6.04. The molecule has 6 nitrogen and oxygen atoms in total. The predicted octanol–water partition coefficient (Wildman–Crippen LogP) is 2.57. The molecule has 1 fully saturated rings. The van der Waals surface area contributed by atoms with Gasteiger partial charge >= 0.3 is 0 Å². The fraction of sp³-hybridized carbons (Fsp3) is 0.591. The van der Waals surface area contributed by atoms with Crippen LogP contribution in [-0.2, 0) is 16.0 Å². The molecule has 0 saturated carbocycles. The van der Waals surface area contributed by atoms with Crippen LogP contribution < -0.4 is 5.32 Å². The standard InChI is InChI=1S/C22H32N4O2/c1-3-17-7-9-18(10-8-17)20-11-12-22(28)26(24-20)15-13-21(27)23-16-19-6-5-14-25(19)4-2/h7-10,19H,3-6,11-16H2,1-2H3,(H,23,27). The average molecular weight is 385 g/mol. The van der Waals surface area contributed by atoms with Gasteiger partial charge in [0, 0.05) is 31.8 Å². The lowest BCUT2D eigenvalue weighted by atomic mass is 10.0. The van der Waals surface area contributed by atoms with Gasteiger partial charge in [0.05, 0.1) is 12.3 Å². The van der Waals surface area contributed by atoms with Gasteiger partial charge in [0.2, 0.25) is 11.8 Å². The molecule has 2 aliphatic heterocycles. The van der Waals surface area contributed by atoms with Crippen molar-refractivity contribution in [3.8, 4) is 0 Å². The van der Waals surface area contributed by atoms with Crippen LogP contribution in [0.25, 0.3) is 0 Å². The van der Waals surface area contributed by atoms with Crippen molar-refractivity contribution >= 4 is 17.5 Å². The highest BCUT2D eigenvalue weighted by Crippen LogP contribution is 2.17. The van der Waals surface area contributed by atoms with E-state index in [0.29, 0.717) is 32.0 Å². The Morgan fingerprint density at radius 3 is 2.71 bits per heavy atom. The normalized spacial score (nSPS) is 20.4. The number of hydrogen-bond acceptors (Lipinski definition) is 4. The van der Waals surface area contributed by atoms with E-state index in [-0.39, 0.29) is 18.2 Å². The average Bonchev–Trinajstić information content (AvgIpc) is 3.19. The summed E-state index contributed by atoms with van der Waals surface area (Å²) in [6.45, 7) is 7.47. The van der Waals surface area contributed by atoms with E-state index in [1.165, 1.54) is 17.0 Å². The Labute approximate surface area is 168 Å². The number of hydrazone groups is 1. The molecule has 1 aromatic rings. The summed E-state index contributed by atoms with van der Waals surface area (Å²) in [6, 6.07) is 8.80. The van der Waals surface area contributed by atoms with E-state index >= 15 is 0 Å². The SMILES string of the molecule is CCc1ccc(C2=NN(CCC(=O)NCC3CCCN3CC)C(=O)CC2)cc1. The Bertz CT molecular complexity index is 714. The van der Waals surface area contributed by atoms with Crippen molar-refractivity contribution in [3.05, 3.63) is 35.4 Å². The van der Waals surface area contributed by atoms with Crippen molar-refractivity contribution in [2.24, 2.45) is 5.10 Å². The zero-order valence-corrected chi connectivity index (χ0v) is 17.1. The molecule has 1 atom stereocenters. The quantitative estimate of drug-likeness (QED) is 0.749. The summed E-state index contributed by atoms with van der Waals surface area (Å²) in [5.41, 5.74) is 3.26. The van der Waals surface area contributed by atoms with Gasteiger partial charge in [-0.15, -0.1) is 0 Å². The molecule has 1 saturated heterocycles. The van der Waals surface area contributed by atoms with Crippen LogP contribution in [0.5, 0.6) is 0 Å². The molecule has 2 heterocycles. The van der Waals surface area contributed by atoms with Gasteiger partial charge in [-0.3, -0.25) is 14.5 Å². The maximum Gasteiger partial charge on any atom is 0.243 e. The van der Waals surface area contributed by atoms with Crippen LogP contribution in [0.3, 0.4) is 0 Å². The molecule has 3 rings (SSSR count). The Hall–Kier alpha value is -2.21. The fourth-order valence-corrected chi connectivity index (χ4v) is 3.99. The fourth-order valence-electron chi connectivity index (χ4n) is 3.99. The number of likely N-dealkylation sites (tertiary alicyclic amines) is 1. The van der Waals surface area contributed by atoms with E-state index in [1.54, 1.807) is 0 Å². The van der Waals surface area contributed by atoms with Crippen LogP contribution >= 0.6 is 0 Å². The van der Waals surface area contributed by atoms with Gasteiger partial charge in [0.25, 0.3) is 0 Å². The second kappa shape index (κ2) is 9.82.